The maximum absolute atomic E-state index is 13.1. The third-order valence-corrected chi connectivity index (χ3v) is 4.16. The molecule has 1 saturated heterocycles. The lowest BCUT2D eigenvalue weighted by atomic mass is 10.3. The number of nitrogens with one attached hydrogen (secondary N) is 2. The average molecular weight is 337 g/mol. The first-order valence-corrected chi connectivity index (χ1v) is 7.72. The summed E-state index contributed by atoms with van der Waals surface area (Å²) in [6.45, 7) is 1.77. The quantitative estimate of drug-likeness (QED) is 0.795. The van der Waals surface area contributed by atoms with Gasteiger partial charge in [0.15, 0.2) is 0 Å². The molecule has 0 radical (unpaired) electrons. The van der Waals surface area contributed by atoms with Gasteiger partial charge >= 0.3 is 0 Å². The third-order valence-electron chi connectivity index (χ3n) is 3.84. The second-order valence-corrected chi connectivity index (χ2v) is 5.85. The first kappa shape index (κ1) is 15.8. The molecule has 1 atom stereocenters. The van der Waals surface area contributed by atoms with E-state index in [2.05, 4.69) is 25.5 Å². The molecule has 1 aromatic heterocycles. The number of likely N-dealkylation sites (N-methyl/N-ethyl adjacent to an activating group) is 1. The minimum absolute atomic E-state index is 0.177. The third kappa shape index (κ3) is 3.62. The monoisotopic (exact) mass is 336 g/mol. The van der Waals surface area contributed by atoms with Crippen molar-refractivity contribution in [3.8, 4) is 0 Å². The van der Waals surface area contributed by atoms with Gasteiger partial charge in [0.1, 0.15) is 17.5 Å². The molecule has 1 aromatic carbocycles. The molecule has 23 heavy (non-hydrogen) atoms. The topological polar surface area (TPSA) is 79.1 Å². The molecule has 0 bridgehead atoms. The molecular formula is C15H18ClFN6. The van der Waals surface area contributed by atoms with Crippen LogP contribution >= 0.6 is 11.6 Å². The van der Waals surface area contributed by atoms with E-state index >= 15 is 0 Å². The Morgan fingerprint density at radius 3 is 2.87 bits per heavy atom. The van der Waals surface area contributed by atoms with Crippen LogP contribution in [-0.4, -0.2) is 36.1 Å². The normalized spacial score (nSPS) is 17.5. The van der Waals surface area contributed by atoms with Crippen molar-refractivity contribution in [2.75, 3.05) is 36.1 Å². The van der Waals surface area contributed by atoms with E-state index in [1.807, 2.05) is 13.1 Å². The number of aromatic nitrogens is 2. The van der Waals surface area contributed by atoms with Gasteiger partial charge in [0.05, 0.1) is 10.7 Å². The van der Waals surface area contributed by atoms with Crippen molar-refractivity contribution >= 4 is 34.9 Å². The Kier molecular flexibility index (Phi) is 4.49. The summed E-state index contributed by atoms with van der Waals surface area (Å²) in [7, 11) is 1.95. The highest BCUT2D eigenvalue weighted by atomic mass is 35.5. The van der Waals surface area contributed by atoms with E-state index in [9.17, 15) is 4.39 Å². The van der Waals surface area contributed by atoms with Crippen LogP contribution in [0.25, 0.3) is 0 Å². The van der Waals surface area contributed by atoms with Crippen LogP contribution in [0.4, 0.5) is 27.7 Å². The fourth-order valence-electron chi connectivity index (χ4n) is 2.61. The van der Waals surface area contributed by atoms with E-state index in [-0.39, 0.29) is 11.0 Å². The largest absolute Gasteiger partial charge is 0.368 e. The summed E-state index contributed by atoms with van der Waals surface area (Å²) in [5.41, 5.74) is 6.37. The molecule has 1 fully saturated rings. The molecule has 6 nitrogen and oxygen atoms in total. The standard InChI is InChI=1S/C15H18ClFN6/c1-19-10-4-5-23(8-10)14-7-13(21-15(18)22-14)20-12-3-2-9(17)6-11(12)16/h2-3,6-7,10,19H,4-5,8H2,1H3,(H3,18,20,21,22)/t10-/m1/s1. The zero-order chi connectivity index (χ0) is 16.4. The predicted molar refractivity (Wildman–Crippen MR) is 90.8 cm³/mol. The lowest BCUT2D eigenvalue weighted by Crippen LogP contribution is -2.30. The summed E-state index contributed by atoms with van der Waals surface area (Å²) in [5, 5.41) is 6.60. The summed E-state index contributed by atoms with van der Waals surface area (Å²) in [6, 6.07) is 6.39. The highest BCUT2D eigenvalue weighted by Crippen LogP contribution is 2.28. The molecule has 4 N–H and O–H groups in total. The number of anilines is 4. The number of halogens is 2. The van der Waals surface area contributed by atoms with Crippen LogP contribution in [-0.2, 0) is 0 Å². The van der Waals surface area contributed by atoms with Crippen molar-refractivity contribution in [2.45, 2.75) is 12.5 Å². The van der Waals surface area contributed by atoms with Gasteiger partial charge in [0.2, 0.25) is 5.95 Å². The molecule has 0 amide bonds. The van der Waals surface area contributed by atoms with E-state index < -0.39 is 5.82 Å². The molecule has 0 spiro atoms. The number of hydrogen-bond acceptors (Lipinski definition) is 6. The van der Waals surface area contributed by atoms with E-state index in [0.29, 0.717) is 17.5 Å². The van der Waals surface area contributed by atoms with Crippen LogP contribution in [0, 0.1) is 5.82 Å². The Labute approximate surface area is 138 Å². The second-order valence-electron chi connectivity index (χ2n) is 5.44. The van der Waals surface area contributed by atoms with Gasteiger partial charge in [0, 0.05) is 25.2 Å². The first-order valence-electron chi connectivity index (χ1n) is 7.34. The summed E-state index contributed by atoms with van der Waals surface area (Å²) < 4.78 is 13.1. The molecule has 1 aliphatic heterocycles. The van der Waals surface area contributed by atoms with Gasteiger partial charge in [-0.3, -0.25) is 0 Å². The highest BCUT2D eigenvalue weighted by Gasteiger charge is 2.22. The maximum Gasteiger partial charge on any atom is 0.223 e. The second kappa shape index (κ2) is 6.55. The summed E-state index contributed by atoms with van der Waals surface area (Å²) in [6.07, 6.45) is 1.05. The van der Waals surface area contributed by atoms with Gasteiger partial charge in [0.25, 0.3) is 0 Å². The number of nitrogens with two attached hydrogens (primary N) is 1. The Balaban J connectivity index is 1.83. The summed E-state index contributed by atoms with van der Waals surface area (Å²) in [4.78, 5) is 10.6. The van der Waals surface area contributed by atoms with Crippen LogP contribution in [0.5, 0.6) is 0 Å². The molecule has 0 unspecified atom stereocenters. The van der Waals surface area contributed by atoms with Gasteiger partial charge in [-0.2, -0.15) is 9.97 Å². The number of nitrogen functional groups attached to an aromatic ring is 1. The molecule has 0 aliphatic carbocycles. The van der Waals surface area contributed by atoms with Crippen LogP contribution in [0.3, 0.4) is 0 Å². The van der Waals surface area contributed by atoms with Crippen molar-refractivity contribution in [1.82, 2.24) is 15.3 Å². The molecule has 3 rings (SSSR count). The fourth-order valence-corrected chi connectivity index (χ4v) is 2.83. The summed E-state index contributed by atoms with van der Waals surface area (Å²) >= 11 is 6.03. The van der Waals surface area contributed by atoms with E-state index in [1.54, 1.807) is 6.07 Å². The smallest absolute Gasteiger partial charge is 0.223 e. The van der Waals surface area contributed by atoms with Crippen LogP contribution in [0.15, 0.2) is 24.3 Å². The molecular weight excluding hydrogens is 319 g/mol. The molecule has 1 aliphatic rings. The lowest BCUT2D eigenvalue weighted by molar-refractivity contribution is 0.616. The number of rotatable bonds is 4. The maximum atomic E-state index is 13.1. The van der Waals surface area contributed by atoms with Gasteiger partial charge in [-0.15, -0.1) is 0 Å². The van der Waals surface area contributed by atoms with Crippen molar-refractivity contribution in [3.05, 3.63) is 35.1 Å². The van der Waals surface area contributed by atoms with Crippen molar-refractivity contribution in [1.29, 1.82) is 0 Å². The van der Waals surface area contributed by atoms with E-state index in [0.717, 1.165) is 25.3 Å². The number of nitrogens with zero attached hydrogens (tertiary/aromatic N) is 3. The van der Waals surface area contributed by atoms with Crippen molar-refractivity contribution in [2.24, 2.45) is 0 Å². The van der Waals surface area contributed by atoms with Gasteiger partial charge in [-0.1, -0.05) is 11.6 Å². The molecule has 2 aromatic rings. The molecule has 8 heteroatoms. The fraction of sp³-hybridized carbons (Fsp3) is 0.333. The molecule has 0 saturated carbocycles. The van der Waals surface area contributed by atoms with Crippen LogP contribution in [0.2, 0.25) is 5.02 Å². The molecule has 2 heterocycles. The zero-order valence-corrected chi connectivity index (χ0v) is 13.4. The first-order chi connectivity index (χ1) is 11.0. The van der Waals surface area contributed by atoms with E-state index in [1.165, 1.54) is 12.1 Å². The van der Waals surface area contributed by atoms with Crippen molar-refractivity contribution < 1.29 is 4.39 Å². The van der Waals surface area contributed by atoms with Gasteiger partial charge in [-0.05, 0) is 31.7 Å². The van der Waals surface area contributed by atoms with Gasteiger partial charge < -0.3 is 21.3 Å². The SMILES string of the molecule is CN[C@@H]1CCN(c2cc(Nc3ccc(F)cc3Cl)nc(N)n2)C1. The van der Waals surface area contributed by atoms with E-state index in [4.69, 9.17) is 17.3 Å². The Morgan fingerprint density at radius 2 is 2.17 bits per heavy atom. The van der Waals surface area contributed by atoms with Crippen LogP contribution in [0.1, 0.15) is 6.42 Å². The van der Waals surface area contributed by atoms with Crippen molar-refractivity contribution in [3.63, 3.8) is 0 Å². The average Bonchev–Trinajstić information content (AvgIpc) is 2.99. The van der Waals surface area contributed by atoms with Gasteiger partial charge in [-0.25, -0.2) is 4.39 Å². The highest BCUT2D eigenvalue weighted by molar-refractivity contribution is 6.33. The lowest BCUT2D eigenvalue weighted by Gasteiger charge is -2.18. The zero-order valence-electron chi connectivity index (χ0n) is 12.7. The Morgan fingerprint density at radius 1 is 1.35 bits per heavy atom. The Hall–Kier alpha value is -2.12. The number of benzene rings is 1. The minimum atomic E-state index is -0.390. The Bertz CT molecular complexity index is 710. The predicted octanol–water partition coefficient (Wildman–Crippen LogP) is 2.39. The minimum Gasteiger partial charge on any atom is -0.368 e. The summed E-state index contributed by atoms with van der Waals surface area (Å²) in [5.74, 6) is 1.07. The number of hydrogen-bond donors (Lipinski definition) is 3. The molecule has 122 valence electrons. The van der Waals surface area contributed by atoms with Crippen LogP contribution < -0.4 is 21.3 Å².